The Morgan fingerprint density at radius 1 is 0.941 bits per heavy atom. The monoisotopic (exact) mass is 524 g/mol. The number of carbonyl (C=O) groups excluding carboxylic acids is 2. The molecule has 0 radical (unpaired) electrons. The van der Waals surface area contributed by atoms with Crippen LogP contribution in [-0.4, -0.2) is 28.8 Å². The Morgan fingerprint density at radius 2 is 1.62 bits per heavy atom. The van der Waals surface area contributed by atoms with Crippen molar-refractivity contribution in [2.75, 3.05) is 0 Å². The first-order valence-corrected chi connectivity index (χ1v) is 12.3. The van der Waals surface area contributed by atoms with Crippen LogP contribution in [0.2, 0.25) is 0 Å². The molecule has 3 aromatic rings. The van der Waals surface area contributed by atoms with E-state index in [-0.39, 0.29) is 36.6 Å². The molecule has 6 heteroatoms. The van der Waals surface area contributed by atoms with Gasteiger partial charge >= 0.3 is 0 Å². The van der Waals surface area contributed by atoms with Crippen LogP contribution < -0.4 is 5.32 Å². The van der Waals surface area contributed by atoms with Gasteiger partial charge in [0.2, 0.25) is 11.8 Å². The van der Waals surface area contributed by atoms with Gasteiger partial charge in [-0.25, -0.2) is 4.39 Å². The van der Waals surface area contributed by atoms with E-state index < -0.39 is 6.04 Å². The summed E-state index contributed by atoms with van der Waals surface area (Å²) in [6.07, 6.45) is 1.27. The van der Waals surface area contributed by atoms with Crippen molar-refractivity contribution in [2.45, 2.75) is 51.7 Å². The molecule has 2 amide bonds. The third kappa shape index (κ3) is 7.52. The molecule has 0 aliphatic carbocycles. The van der Waals surface area contributed by atoms with Gasteiger partial charge in [-0.3, -0.25) is 9.59 Å². The Hall–Kier alpha value is -2.99. The molecule has 2 atom stereocenters. The Balaban J connectivity index is 1.96. The third-order valence-electron chi connectivity index (χ3n) is 5.78. The molecule has 0 spiro atoms. The summed E-state index contributed by atoms with van der Waals surface area (Å²) in [6, 6.07) is 22.6. The molecule has 0 bridgehead atoms. The Labute approximate surface area is 209 Å². The number of benzene rings is 3. The molecule has 3 rings (SSSR count). The van der Waals surface area contributed by atoms with E-state index in [1.165, 1.54) is 12.1 Å². The van der Waals surface area contributed by atoms with E-state index in [0.717, 1.165) is 22.0 Å². The quantitative estimate of drug-likeness (QED) is 0.370. The van der Waals surface area contributed by atoms with Gasteiger partial charge in [-0.05, 0) is 54.3 Å². The van der Waals surface area contributed by atoms with Gasteiger partial charge in [0.1, 0.15) is 11.9 Å². The maximum Gasteiger partial charge on any atom is 0.243 e. The van der Waals surface area contributed by atoms with Crippen LogP contribution in [0.1, 0.15) is 37.0 Å². The average Bonchev–Trinajstić information content (AvgIpc) is 2.83. The van der Waals surface area contributed by atoms with Crippen molar-refractivity contribution >= 4 is 27.7 Å². The number of hydrogen-bond donors (Lipinski definition) is 1. The highest BCUT2D eigenvalue weighted by atomic mass is 79.9. The van der Waals surface area contributed by atoms with Crippen molar-refractivity contribution in [3.63, 3.8) is 0 Å². The molecule has 34 heavy (non-hydrogen) atoms. The summed E-state index contributed by atoms with van der Waals surface area (Å²) in [5, 5.41) is 3.06. The van der Waals surface area contributed by atoms with Gasteiger partial charge in [0.15, 0.2) is 0 Å². The number of nitrogens with one attached hydrogen (secondary N) is 1. The van der Waals surface area contributed by atoms with Crippen molar-refractivity contribution in [1.82, 2.24) is 10.2 Å². The molecule has 4 nitrogen and oxygen atoms in total. The summed E-state index contributed by atoms with van der Waals surface area (Å²) in [7, 11) is 0. The molecule has 0 unspecified atom stereocenters. The fraction of sp³-hybridized carbons (Fsp3) is 0.286. The summed E-state index contributed by atoms with van der Waals surface area (Å²) < 4.78 is 14.3. The number of carbonyl (C=O) groups is 2. The minimum Gasteiger partial charge on any atom is -0.352 e. The first-order chi connectivity index (χ1) is 16.4. The fourth-order valence-corrected chi connectivity index (χ4v) is 4.15. The molecule has 0 aliphatic rings. The van der Waals surface area contributed by atoms with E-state index in [1.54, 1.807) is 17.0 Å². The van der Waals surface area contributed by atoms with Crippen molar-refractivity contribution in [3.05, 3.63) is 106 Å². The minimum atomic E-state index is -0.691. The van der Waals surface area contributed by atoms with Gasteiger partial charge in [0.05, 0.1) is 6.42 Å². The van der Waals surface area contributed by atoms with Crippen LogP contribution in [0.25, 0.3) is 0 Å². The number of amides is 2. The summed E-state index contributed by atoms with van der Waals surface area (Å²) in [5.74, 6) is -0.718. The van der Waals surface area contributed by atoms with Gasteiger partial charge in [0.25, 0.3) is 0 Å². The largest absolute Gasteiger partial charge is 0.352 e. The number of hydrogen-bond acceptors (Lipinski definition) is 2. The Morgan fingerprint density at radius 3 is 2.26 bits per heavy atom. The van der Waals surface area contributed by atoms with E-state index in [9.17, 15) is 14.0 Å². The zero-order valence-electron chi connectivity index (χ0n) is 19.5. The van der Waals surface area contributed by atoms with Gasteiger partial charge in [-0.2, -0.15) is 0 Å². The van der Waals surface area contributed by atoms with Crippen molar-refractivity contribution in [3.8, 4) is 0 Å². The third-order valence-corrected chi connectivity index (χ3v) is 6.28. The maximum atomic E-state index is 13.6. The second-order valence-corrected chi connectivity index (χ2v) is 9.39. The lowest BCUT2D eigenvalue weighted by Gasteiger charge is -2.32. The maximum absolute atomic E-state index is 13.6. The van der Waals surface area contributed by atoms with Crippen molar-refractivity contribution in [2.24, 2.45) is 0 Å². The Kier molecular flexibility index (Phi) is 9.40. The summed E-state index contributed by atoms with van der Waals surface area (Å²) in [6.45, 7) is 4.25. The highest BCUT2D eigenvalue weighted by Gasteiger charge is 2.31. The average molecular weight is 525 g/mol. The van der Waals surface area contributed by atoms with Crippen LogP contribution in [0.5, 0.6) is 0 Å². The standard InChI is InChI=1S/C28H30BrFN2O2/c1-3-20(2)31-28(34)26(17-21-8-5-4-6-9-21)32(19-23-10-7-11-24(29)16-23)27(33)18-22-12-14-25(30)15-13-22/h4-16,20,26H,3,17-19H2,1-2H3,(H,31,34)/t20-,26-/m0/s1. The second kappa shape index (κ2) is 12.5. The summed E-state index contributed by atoms with van der Waals surface area (Å²) >= 11 is 3.49. The normalized spacial score (nSPS) is 12.6. The lowest BCUT2D eigenvalue weighted by Crippen LogP contribution is -2.52. The fourth-order valence-electron chi connectivity index (χ4n) is 3.71. The molecule has 0 saturated heterocycles. The van der Waals surface area contributed by atoms with Crippen LogP contribution in [0, 0.1) is 5.82 Å². The SMILES string of the molecule is CC[C@H](C)NC(=O)[C@H](Cc1ccccc1)N(Cc1cccc(Br)c1)C(=O)Cc1ccc(F)cc1. The van der Waals surface area contributed by atoms with E-state index in [0.29, 0.717) is 12.0 Å². The van der Waals surface area contributed by atoms with Gasteiger partial charge < -0.3 is 10.2 Å². The Bertz CT molecular complexity index is 1090. The topological polar surface area (TPSA) is 49.4 Å². The molecule has 1 N–H and O–H groups in total. The first-order valence-electron chi connectivity index (χ1n) is 11.5. The van der Waals surface area contributed by atoms with E-state index >= 15 is 0 Å². The van der Waals surface area contributed by atoms with Crippen LogP contribution >= 0.6 is 15.9 Å². The zero-order valence-corrected chi connectivity index (χ0v) is 21.1. The van der Waals surface area contributed by atoms with Crippen LogP contribution in [0.3, 0.4) is 0 Å². The van der Waals surface area contributed by atoms with E-state index in [4.69, 9.17) is 0 Å². The van der Waals surface area contributed by atoms with Gasteiger partial charge in [-0.15, -0.1) is 0 Å². The van der Waals surface area contributed by atoms with E-state index in [1.807, 2.05) is 68.4 Å². The van der Waals surface area contributed by atoms with Gasteiger partial charge in [0, 0.05) is 23.5 Å². The predicted molar refractivity (Wildman–Crippen MR) is 137 cm³/mol. The molecule has 0 aliphatic heterocycles. The second-order valence-electron chi connectivity index (χ2n) is 8.48. The van der Waals surface area contributed by atoms with Crippen LogP contribution in [0.15, 0.2) is 83.3 Å². The molecule has 0 fully saturated rings. The molecule has 0 heterocycles. The first kappa shape index (κ1) is 25.6. The number of rotatable bonds is 10. The van der Waals surface area contributed by atoms with Crippen LogP contribution in [-0.2, 0) is 29.0 Å². The van der Waals surface area contributed by atoms with Crippen molar-refractivity contribution in [1.29, 1.82) is 0 Å². The van der Waals surface area contributed by atoms with Crippen molar-refractivity contribution < 1.29 is 14.0 Å². The van der Waals surface area contributed by atoms with Crippen LogP contribution in [0.4, 0.5) is 4.39 Å². The highest BCUT2D eigenvalue weighted by molar-refractivity contribution is 9.10. The molecular weight excluding hydrogens is 495 g/mol. The predicted octanol–water partition coefficient (Wildman–Crippen LogP) is 5.69. The summed E-state index contributed by atoms with van der Waals surface area (Å²) in [5.41, 5.74) is 2.59. The van der Waals surface area contributed by atoms with E-state index in [2.05, 4.69) is 21.2 Å². The lowest BCUT2D eigenvalue weighted by atomic mass is 10.0. The minimum absolute atomic E-state index is 0.00862. The number of halogens is 2. The highest BCUT2D eigenvalue weighted by Crippen LogP contribution is 2.19. The lowest BCUT2D eigenvalue weighted by molar-refractivity contribution is -0.141. The zero-order chi connectivity index (χ0) is 24.5. The molecular formula is C28H30BrFN2O2. The molecule has 0 aromatic heterocycles. The molecule has 178 valence electrons. The summed E-state index contributed by atoms with van der Waals surface area (Å²) in [4.78, 5) is 28.7. The van der Waals surface area contributed by atoms with Gasteiger partial charge in [-0.1, -0.05) is 77.5 Å². The molecule has 3 aromatic carbocycles. The number of nitrogens with zero attached hydrogens (tertiary/aromatic N) is 1. The smallest absolute Gasteiger partial charge is 0.243 e. The molecule has 0 saturated carbocycles.